The highest BCUT2D eigenvalue weighted by Crippen LogP contribution is 2.41. The van der Waals surface area contributed by atoms with Gasteiger partial charge < -0.3 is 25.4 Å². The molecule has 2 aliphatic rings. The molecule has 1 aromatic carbocycles. The molecular formula is C28H43N3O5. The highest BCUT2D eigenvalue weighted by atomic mass is 16.6. The van der Waals surface area contributed by atoms with Crippen LogP contribution in [-0.4, -0.2) is 58.2 Å². The predicted molar refractivity (Wildman–Crippen MR) is 138 cm³/mol. The van der Waals surface area contributed by atoms with Crippen LogP contribution in [0.2, 0.25) is 0 Å². The number of amides is 3. The molecule has 4 atom stereocenters. The van der Waals surface area contributed by atoms with Crippen LogP contribution in [0.3, 0.4) is 0 Å². The first-order valence-electron chi connectivity index (χ1n) is 13.2. The van der Waals surface area contributed by atoms with Gasteiger partial charge in [-0.05, 0) is 70.9 Å². The Bertz CT molecular complexity index is 951. The molecule has 8 heteroatoms. The van der Waals surface area contributed by atoms with E-state index < -0.39 is 36.3 Å². The molecule has 4 unspecified atom stereocenters. The Balaban J connectivity index is 1.95. The predicted octanol–water partition coefficient (Wildman–Crippen LogP) is 3.92. The van der Waals surface area contributed by atoms with Crippen LogP contribution in [0.1, 0.15) is 89.0 Å². The fraction of sp³-hybridized carbons (Fsp3) is 0.679. The second-order valence-electron chi connectivity index (χ2n) is 11.5. The monoisotopic (exact) mass is 501 g/mol. The number of carbonyl (C=O) groups excluding carboxylic acids is 3. The Morgan fingerprint density at radius 1 is 1.14 bits per heavy atom. The molecule has 0 heterocycles. The molecule has 0 saturated heterocycles. The van der Waals surface area contributed by atoms with Crippen molar-refractivity contribution in [1.29, 1.82) is 0 Å². The van der Waals surface area contributed by atoms with Crippen molar-refractivity contribution in [2.45, 2.75) is 110 Å². The van der Waals surface area contributed by atoms with Gasteiger partial charge in [0.15, 0.2) is 0 Å². The molecular weight excluding hydrogens is 458 g/mol. The number of carbonyl (C=O) groups is 3. The van der Waals surface area contributed by atoms with E-state index in [1.807, 2.05) is 39.0 Å². The lowest BCUT2D eigenvalue weighted by atomic mass is 9.93. The molecule has 3 N–H and O–H groups in total. The van der Waals surface area contributed by atoms with E-state index in [1.165, 1.54) is 6.42 Å². The molecule has 200 valence electrons. The van der Waals surface area contributed by atoms with Crippen molar-refractivity contribution in [1.82, 2.24) is 15.5 Å². The SMILES string of the molecule is Cc1ccc(C(C(=O)NC2CCCCC2)N(C(=O)C(CO)NC(=O)OC(C)(C)C)C2CC2C)c(C)c1. The average Bonchev–Trinajstić information content (AvgIpc) is 3.51. The molecule has 2 saturated carbocycles. The lowest BCUT2D eigenvalue weighted by Crippen LogP contribution is -2.56. The molecule has 0 aliphatic heterocycles. The normalized spacial score (nSPS) is 21.8. The quantitative estimate of drug-likeness (QED) is 0.500. The minimum Gasteiger partial charge on any atom is -0.444 e. The first-order valence-corrected chi connectivity index (χ1v) is 13.2. The van der Waals surface area contributed by atoms with Gasteiger partial charge >= 0.3 is 6.09 Å². The Hall–Kier alpha value is -2.61. The molecule has 0 radical (unpaired) electrons. The van der Waals surface area contributed by atoms with Gasteiger partial charge in [-0.1, -0.05) is 49.9 Å². The summed E-state index contributed by atoms with van der Waals surface area (Å²) < 4.78 is 5.31. The lowest BCUT2D eigenvalue weighted by molar-refractivity contribution is -0.144. The topological polar surface area (TPSA) is 108 Å². The van der Waals surface area contributed by atoms with E-state index >= 15 is 0 Å². The summed E-state index contributed by atoms with van der Waals surface area (Å²) in [6.45, 7) is 10.6. The van der Waals surface area contributed by atoms with E-state index in [9.17, 15) is 19.5 Å². The van der Waals surface area contributed by atoms with Crippen molar-refractivity contribution in [2.75, 3.05) is 6.61 Å². The van der Waals surface area contributed by atoms with Gasteiger partial charge in [0, 0.05) is 12.1 Å². The molecule has 2 fully saturated rings. The fourth-order valence-electron chi connectivity index (χ4n) is 5.06. The van der Waals surface area contributed by atoms with Crippen LogP contribution in [0, 0.1) is 19.8 Å². The first kappa shape index (κ1) is 28.0. The van der Waals surface area contributed by atoms with Crippen LogP contribution in [0.4, 0.5) is 4.79 Å². The number of nitrogens with zero attached hydrogens (tertiary/aromatic N) is 1. The molecule has 8 nitrogen and oxygen atoms in total. The largest absolute Gasteiger partial charge is 0.444 e. The van der Waals surface area contributed by atoms with Crippen LogP contribution in [-0.2, 0) is 14.3 Å². The smallest absolute Gasteiger partial charge is 0.408 e. The van der Waals surface area contributed by atoms with E-state index in [0.29, 0.717) is 0 Å². The maximum atomic E-state index is 13.9. The summed E-state index contributed by atoms with van der Waals surface area (Å²) in [5.74, 6) is -0.484. The summed E-state index contributed by atoms with van der Waals surface area (Å²) in [4.78, 5) is 41.8. The summed E-state index contributed by atoms with van der Waals surface area (Å²) in [5.41, 5.74) is 2.00. The highest BCUT2D eigenvalue weighted by Gasteiger charge is 2.48. The number of benzene rings is 1. The van der Waals surface area contributed by atoms with Gasteiger partial charge in [0.05, 0.1) is 6.61 Å². The van der Waals surface area contributed by atoms with Crippen molar-refractivity contribution in [3.63, 3.8) is 0 Å². The van der Waals surface area contributed by atoms with Crippen molar-refractivity contribution in [3.8, 4) is 0 Å². The highest BCUT2D eigenvalue weighted by molar-refractivity contribution is 5.93. The van der Waals surface area contributed by atoms with Gasteiger partial charge in [0.1, 0.15) is 17.7 Å². The Morgan fingerprint density at radius 3 is 2.31 bits per heavy atom. The number of rotatable bonds is 8. The number of ether oxygens (including phenoxy) is 1. The van der Waals surface area contributed by atoms with Crippen LogP contribution < -0.4 is 10.6 Å². The van der Waals surface area contributed by atoms with Crippen LogP contribution in [0.25, 0.3) is 0 Å². The van der Waals surface area contributed by atoms with Gasteiger partial charge in [-0.2, -0.15) is 0 Å². The maximum Gasteiger partial charge on any atom is 0.408 e. The molecule has 3 rings (SSSR count). The number of nitrogens with one attached hydrogen (secondary N) is 2. The number of aliphatic hydroxyl groups is 1. The van der Waals surface area contributed by atoms with E-state index in [4.69, 9.17) is 4.74 Å². The van der Waals surface area contributed by atoms with Crippen LogP contribution >= 0.6 is 0 Å². The van der Waals surface area contributed by atoms with Crippen molar-refractivity contribution < 1.29 is 24.2 Å². The van der Waals surface area contributed by atoms with E-state index in [-0.39, 0.29) is 23.9 Å². The third kappa shape index (κ3) is 7.21. The number of aliphatic hydroxyl groups excluding tert-OH is 1. The zero-order valence-electron chi connectivity index (χ0n) is 22.6. The first-order chi connectivity index (χ1) is 16.9. The van der Waals surface area contributed by atoms with Crippen molar-refractivity contribution in [3.05, 3.63) is 34.9 Å². The third-order valence-corrected chi connectivity index (χ3v) is 7.05. The number of alkyl carbamates (subject to hydrolysis) is 1. The second kappa shape index (κ2) is 11.6. The number of aryl methyl sites for hydroxylation is 2. The van der Waals surface area contributed by atoms with Crippen molar-refractivity contribution in [2.24, 2.45) is 5.92 Å². The van der Waals surface area contributed by atoms with Gasteiger partial charge in [-0.3, -0.25) is 9.59 Å². The molecule has 0 spiro atoms. The summed E-state index contributed by atoms with van der Waals surface area (Å²) in [5, 5.41) is 15.8. The van der Waals surface area contributed by atoms with Gasteiger partial charge in [-0.15, -0.1) is 0 Å². The van der Waals surface area contributed by atoms with E-state index in [0.717, 1.165) is 48.8 Å². The second-order valence-corrected chi connectivity index (χ2v) is 11.5. The standard InChI is InChI=1S/C28H43N3O5/c1-17-12-13-21(18(2)14-17)24(25(33)29-20-10-8-7-9-11-20)31(23-15-19(23)3)26(34)22(16-32)30-27(35)36-28(4,5)6/h12-14,19-20,22-24,32H,7-11,15-16H2,1-6H3,(H,29,33)(H,30,35). The minimum absolute atomic E-state index is 0.0848. The number of hydrogen-bond acceptors (Lipinski definition) is 5. The van der Waals surface area contributed by atoms with Gasteiger partial charge in [0.25, 0.3) is 0 Å². The third-order valence-electron chi connectivity index (χ3n) is 7.05. The van der Waals surface area contributed by atoms with Crippen LogP contribution in [0.15, 0.2) is 18.2 Å². The van der Waals surface area contributed by atoms with E-state index in [1.54, 1.807) is 25.7 Å². The molecule has 36 heavy (non-hydrogen) atoms. The summed E-state index contributed by atoms with van der Waals surface area (Å²) in [6.07, 6.45) is 5.16. The van der Waals surface area contributed by atoms with Crippen LogP contribution in [0.5, 0.6) is 0 Å². The molecule has 3 amide bonds. The molecule has 0 bridgehead atoms. The zero-order valence-corrected chi connectivity index (χ0v) is 22.6. The summed E-state index contributed by atoms with van der Waals surface area (Å²) >= 11 is 0. The van der Waals surface area contributed by atoms with E-state index in [2.05, 4.69) is 10.6 Å². The summed E-state index contributed by atoms with van der Waals surface area (Å²) in [6, 6.07) is 3.73. The molecule has 2 aliphatic carbocycles. The maximum absolute atomic E-state index is 13.9. The fourth-order valence-corrected chi connectivity index (χ4v) is 5.06. The minimum atomic E-state index is -1.22. The van der Waals surface area contributed by atoms with Gasteiger partial charge in [-0.25, -0.2) is 4.79 Å². The lowest BCUT2D eigenvalue weighted by Gasteiger charge is -2.36. The average molecular weight is 502 g/mol. The van der Waals surface area contributed by atoms with Crippen molar-refractivity contribution >= 4 is 17.9 Å². The zero-order chi connectivity index (χ0) is 26.6. The summed E-state index contributed by atoms with van der Waals surface area (Å²) in [7, 11) is 0. The number of hydrogen-bond donors (Lipinski definition) is 3. The Morgan fingerprint density at radius 2 is 1.78 bits per heavy atom. The van der Waals surface area contributed by atoms with Gasteiger partial charge in [0.2, 0.25) is 11.8 Å². The Labute approximate surface area is 215 Å². The molecule has 0 aromatic heterocycles. The molecule has 1 aromatic rings. The Kier molecular flexibility index (Phi) is 9.03.